The molecule has 0 saturated carbocycles. The number of nitrogens with one attached hydrogen (secondary N) is 1. The van der Waals surface area contributed by atoms with Crippen LogP contribution in [0.5, 0.6) is 0 Å². The van der Waals surface area contributed by atoms with Crippen molar-refractivity contribution < 1.29 is 4.79 Å². The molecule has 1 N–H and O–H groups in total. The van der Waals surface area contributed by atoms with E-state index < -0.39 is 0 Å². The molecule has 3 nitrogen and oxygen atoms in total. The number of thiophene rings is 1. The SMILES string of the molecule is CCC(C)C1NC(c2ccsc2)N(CCC(C)C)C1=O. The first-order valence-corrected chi connectivity index (χ1v) is 8.57. The number of rotatable bonds is 6. The summed E-state index contributed by atoms with van der Waals surface area (Å²) in [6, 6.07) is 2.09. The molecule has 0 spiro atoms. The van der Waals surface area contributed by atoms with Crippen molar-refractivity contribution in [3.63, 3.8) is 0 Å². The summed E-state index contributed by atoms with van der Waals surface area (Å²) in [7, 11) is 0. The zero-order valence-corrected chi connectivity index (χ0v) is 13.7. The fraction of sp³-hybridized carbons (Fsp3) is 0.688. The highest BCUT2D eigenvalue weighted by Crippen LogP contribution is 2.30. The normalized spacial score (nSPS) is 24.6. The van der Waals surface area contributed by atoms with Crippen LogP contribution in [0.2, 0.25) is 0 Å². The molecule has 2 rings (SSSR count). The quantitative estimate of drug-likeness (QED) is 0.869. The second-order valence-electron chi connectivity index (χ2n) is 6.20. The van der Waals surface area contributed by atoms with E-state index in [1.54, 1.807) is 11.3 Å². The largest absolute Gasteiger partial charge is 0.322 e. The van der Waals surface area contributed by atoms with Crippen molar-refractivity contribution in [2.45, 2.75) is 52.7 Å². The van der Waals surface area contributed by atoms with Gasteiger partial charge in [-0.15, -0.1) is 0 Å². The van der Waals surface area contributed by atoms with E-state index in [-0.39, 0.29) is 18.1 Å². The van der Waals surface area contributed by atoms with Gasteiger partial charge >= 0.3 is 0 Å². The lowest BCUT2D eigenvalue weighted by Gasteiger charge is -2.24. The lowest BCUT2D eigenvalue weighted by atomic mass is 9.99. The van der Waals surface area contributed by atoms with Crippen LogP contribution in [0, 0.1) is 11.8 Å². The van der Waals surface area contributed by atoms with Gasteiger partial charge in [-0.25, -0.2) is 0 Å². The summed E-state index contributed by atoms with van der Waals surface area (Å²) in [5, 5.41) is 7.78. The van der Waals surface area contributed by atoms with E-state index >= 15 is 0 Å². The first kappa shape index (κ1) is 15.5. The molecule has 112 valence electrons. The average Bonchev–Trinajstić information content (AvgIpc) is 3.03. The number of carbonyl (C=O) groups is 1. The summed E-state index contributed by atoms with van der Waals surface area (Å²) in [5.74, 6) is 1.28. The third-order valence-electron chi connectivity index (χ3n) is 4.22. The number of hydrogen-bond acceptors (Lipinski definition) is 3. The van der Waals surface area contributed by atoms with E-state index in [2.05, 4.69) is 49.8 Å². The van der Waals surface area contributed by atoms with E-state index in [0.29, 0.717) is 11.8 Å². The van der Waals surface area contributed by atoms with E-state index in [0.717, 1.165) is 19.4 Å². The first-order chi connectivity index (χ1) is 9.54. The molecule has 1 aromatic rings. The summed E-state index contributed by atoms with van der Waals surface area (Å²) in [6.45, 7) is 9.57. The van der Waals surface area contributed by atoms with Crippen molar-refractivity contribution in [1.82, 2.24) is 10.2 Å². The number of nitrogens with zero attached hydrogens (tertiary/aromatic N) is 1. The van der Waals surface area contributed by atoms with Crippen LogP contribution in [0.25, 0.3) is 0 Å². The summed E-state index contributed by atoms with van der Waals surface area (Å²) in [5.41, 5.74) is 1.22. The second kappa shape index (κ2) is 6.72. The molecule has 1 amide bonds. The molecule has 1 fully saturated rings. The van der Waals surface area contributed by atoms with Crippen molar-refractivity contribution in [1.29, 1.82) is 0 Å². The van der Waals surface area contributed by atoms with Crippen molar-refractivity contribution in [2.24, 2.45) is 11.8 Å². The molecule has 1 saturated heterocycles. The molecule has 1 aliphatic heterocycles. The summed E-state index contributed by atoms with van der Waals surface area (Å²) in [6.07, 6.45) is 2.14. The van der Waals surface area contributed by atoms with Gasteiger partial charge in [0.2, 0.25) is 5.91 Å². The molecular weight excluding hydrogens is 268 g/mol. The fourth-order valence-electron chi connectivity index (χ4n) is 2.62. The highest BCUT2D eigenvalue weighted by Gasteiger charge is 2.41. The zero-order chi connectivity index (χ0) is 14.7. The molecule has 0 radical (unpaired) electrons. The predicted octanol–water partition coefficient (Wildman–Crippen LogP) is 3.64. The molecule has 20 heavy (non-hydrogen) atoms. The van der Waals surface area contributed by atoms with Gasteiger partial charge in [0.15, 0.2) is 0 Å². The van der Waals surface area contributed by atoms with Gasteiger partial charge in [0.05, 0.1) is 6.04 Å². The van der Waals surface area contributed by atoms with Crippen molar-refractivity contribution >= 4 is 17.2 Å². The van der Waals surface area contributed by atoms with E-state index in [9.17, 15) is 4.79 Å². The van der Waals surface area contributed by atoms with E-state index in [1.165, 1.54) is 5.56 Å². The van der Waals surface area contributed by atoms with Crippen LogP contribution in [0.1, 0.15) is 52.3 Å². The minimum absolute atomic E-state index is 0.0305. The minimum atomic E-state index is -0.0305. The number of amides is 1. The van der Waals surface area contributed by atoms with Gasteiger partial charge in [-0.2, -0.15) is 11.3 Å². The minimum Gasteiger partial charge on any atom is -0.322 e. The smallest absolute Gasteiger partial charge is 0.241 e. The summed E-state index contributed by atoms with van der Waals surface area (Å²) < 4.78 is 0. The Morgan fingerprint density at radius 3 is 2.70 bits per heavy atom. The average molecular weight is 294 g/mol. The molecular formula is C16H26N2OS. The van der Waals surface area contributed by atoms with Gasteiger partial charge in [0.25, 0.3) is 0 Å². The molecule has 3 unspecified atom stereocenters. The Balaban J connectivity index is 2.17. The Labute approximate surface area is 126 Å². The number of hydrogen-bond donors (Lipinski definition) is 1. The highest BCUT2D eigenvalue weighted by atomic mass is 32.1. The summed E-state index contributed by atoms with van der Waals surface area (Å²) >= 11 is 1.69. The van der Waals surface area contributed by atoms with E-state index in [1.807, 2.05) is 4.90 Å². The van der Waals surface area contributed by atoms with Gasteiger partial charge in [-0.3, -0.25) is 10.1 Å². The molecule has 4 heteroatoms. The third kappa shape index (κ3) is 3.23. The fourth-order valence-corrected chi connectivity index (χ4v) is 3.30. The molecule has 0 bridgehead atoms. The predicted molar refractivity (Wildman–Crippen MR) is 84.6 cm³/mol. The number of carbonyl (C=O) groups excluding carboxylic acids is 1. The van der Waals surface area contributed by atoms with Gasteiger partial charge in [0, 0.05) is 6.54 Å². The van der Waals surface area contributed by atoms with Crippen LogP contribution in [-0.2, 0) is 4.79 Å². The van der Waals surface area contributed by atoms with Crippen LogP contribution in [-0.4, -0.2) is 23.4 Å². The molecule has 1 aliphatic rings. The maximum atomic E-state index is 12.7. The maximum Gasteiger partial charge on any atom is 0.241 e. The van der Waals surface area contributed by atoms with E-state index in [4.69, 9.17) is 0 Å². The zero-order valence-electron chi connectivity index (χ0n) is 12.9. The second-order valence-corrected chi connectivity index (χ2v) is 6.98. The van der Waals surface area contributed by atoms with Crippen LogP contribution in [0.15, 0.2) is 16.8 Å². The monoisotopic (exact) mass is 294 g/mol. The van der Waals surface area contributed by atoms with Gasteiger partial charge < -0.3 is 4.90 Å². The van der Waals surface area contributed by atoms with Gasteiger partial charge in [-0.05, 0) is 40.6 Å². The Morgan fingerprint density at radius 2 is 2.15 bits per heavy atom. The van der Waals surface area contributed by atoms with Crippen molar-refractivity contribution in [3.05, 3.63) is 22.4 Å². The van der Waals surface area contributed by atoms with Crippen molar-refractivity contribution in [2.75, 3.05) is 6.54 Å². The van der Waals surface area contributed by atoms with Crippen LogP contribution < -0.4 is 5.32 Å². The lowest BCUT2D eigenvalue weighted by molar-refractivity contribution is -0.131. The van der Waals surface area contributed by atoms with Gasteiger partial charge in [-0.1, -0.05) is 34.1 Å². The Morgan fingerprint density at radius 1 is 1.40 bits per heavy atom. The first-order valence-electron chi connectivity index (χ1n) is 7.63. The Bertz CT molecular complexity index is 430. The third-order valence-corrected chi connectivity index (χ3v) is 4.92. The molecule has 1 aromatic heterocycles. The van der Waals surface area contributed by atoms with Gasteiger partial charge in [0.1, 0.15) is 6.17 Å². The highest BCUT2D eigenvalue weighted by molar-refractivity contribution is 7.07. The molecule has 0 aliphatic carbocycles. The lowest BCUT2D eigenvalue weighted by Crippen LogP contribution is -2.36. The molecule has 3 atom stereocenters. The van der Waals surface area contributed by atoms with Crippen LogP contribution >= 0.6 is 11.3 Å². The van der Waals surface area contributed by atoms with Crippen molar-refractivity contribution in [3.8, 4) is 0 Å². The standard InChI is InChI=1S/C16H26N2OS/c1-5-12(4)14-16(19)18(8-6-11(2)3)15(17-14)13-7-9-20-10-13/h7,9-12,14-15,17H,5-6,8H2,1-4H3. The topological polar surface area (TPSA) is 32.3 Å². The molecule has 0 aromatic carbocycles. The summed E-state index contributed by atoms with van der Waals surface area (Å²) in [4.78, 5) is 14.7. The molecule has 2 heterocycles. The van der Waals surface area contributed by atoms with Crippen LogP contribution in [0.3, 0.4) is 0 Å². The maximum absolute atomic E-state index is 12.7. The Hall–Kier alpha value is -0.870. The van der Waals surface area contributed by atoms with Crippen LogP contribution in [0.4, 0.5) is 0 Å². The Kier molecular flexibility index (Phi) is 5.22.